The summed E-state index contributed by atoms with van der Waals surface area (Å²) in [7, 11) is 0. The van der Waals surface area contributed by atoms with Gasteiger partial charge in [0.1, 0.15) is 11.6 Å². The second-order valence-corrected chi connectivity index (χ2v) is 7.03. The summed E-state index contributed by atoms with van der Waals surface area (Å²) in [5, 5.41) is 0.635. The molecule has 0 saturated carbocycles. The number of benzene rings is 1. The summed E-state index contributed by atoms with van der Waals surface area (Å²) in [4.78, 5) is 31.0. The molecule has 0 aliphatic carbocycles. The van der Waals surface area contributed by atoms with Gasteiger partial charge in [0.25, 0.3) is 5.91 Å². The lowest BCUT2D eigenvalue weighted by atomic mass is 10.0. The zero-order valence-corrected chi connectivity index (χ0v) is 15.1. The fourth-order valence-corrected chi connectivity index (χ4v) is 3.63. The van der Waals surface area contributed by atoms with Crippen molar-refractivity contribution in [3.05, 3.63) is 47.8 Å². The first kappa shape index (κ1) is 17.0. The third kappa shape index (κ3) is 3.16. The maximum absolute atomic E-state index is 13.4. The normalized spacial score (nSPS) is 17.6. The van der Waals surface area contributed by atoms with Gasteiger partial charge in [-0.25, -0.2) is 19.3 Å². The molecule has 1 unspecified atom stereocenters. The first-order valence-corrected chi connectivity index (χ1v) is 9.70. The highest BCUT2D eigenvalue weighted by atomic mass is 32.2. The number of nitrogens with one attached hydrogen (secondary N) is 1. The van der Waals surface area contributed by atoms with E-state index in [1.807, 2.05) is 11.2 Å². The Morgan fingerprint density at radius 2 is 2.12 bits per heavy atom. The number of likely N-dealkylation sites (tertiary alicyclic amines) is 1. The van der Waals surface area contributed by atoms with Crippen LogP contribution in [0.2, 0.25) is 0 Å². The zero-order valence-electron chi connectivity index (χ0n) is 14.3. The van der Waals surface area contributed by atoms with Gasteiger partial charge in [-0.05, 0) is 43.7 Å². The third-order valence-electron chi connectivity index (χ3n) is 4.60. The molecule has 0 spiro atoms. The van der Waals surface area contributed by atoms with E-state index < -0.39 is 0 Å². The molecule has 0 radical (unpaired) electrons. The van der Waals surface area contributed by atoms with Crippen LogP contribution in [0.5, 0.6) is 0 Å². The number of piperidine rings is 1. The summed E-state index contributed by atoms with van der Waals surface area (Å²) in [6.07, 6.45) is 7.81. The van der Waals surface area contributed by atoms with Crippen LogP contribution in [-0.4, -0.2) is 43.5 Å². The van der Waals surface area contributed by atoms with Gasteiger partial charge in [0.2, 0.25) is 0 Å². The van der Waals surface area contributed by atoms with Gasteiger partial charge >= 0.3 is 0 Å². The van der Waals surface area contributed by atoms with E-state index in [1.54, 1.807) is 18.5 Å². The van der Waals surface area contributed by atoms with E-state index in [2.05, 4.69) is 19.9 Å². The second kappa shape index (κ2) is 7.03. The zero-order chi connectivity index (χ0) is 18.1. The predicted molar refractivity (Wildman–Crippen MR) is 97.5 cm³/mol. The first-order valence-electron chi connectivity index (χ1n) is 8.48. The van der Waals surface area contributed by atoms with Crippen molar-refractivity contribution >= 4 is 28.7 Å². The molecule has 1 saturated heterocycles. The minimum absolute atomic E-state index is 0.103. The Balaban J connectivity index is 1.65. The molecular weight excluding hydrogens is 353 g/mol. The quantitative estimate of drug-likeness (QED) is 0.563. The van der Waals surface area contributed by atoms with Crippen molar-refractivity contribution in [3.63, 3.8) is 0 Å². The summed E-state index contributed by atoms with van der Waals surface area (Å²) < 4.78 is 13.4. The molecule has 134 valence electrons. The Hall–Kier alpha value is -2.48. The van der Waals surface area contributed by atoms with Crippen LogP contribution in [0, 0.1) is 5.82 Å². The van der Waals surface area contributed by atoms with Crippen LogP contribution in [0.1, 0.15) is 41.5 Å². The topological polar surface area (TPSA) is 74.8 Å². The van der Waals surface area contributed by atoms with E-state index in [4.69, 9.17) is 0 Å². The van der Waals surface area contributed by atoms with Gasteiger partial charge in [-0.3, -0.25) is 4.79 Å². The van der Waals surface area contributed by atoms with E-state index in [-0.39, 0.29) is 17.8 Å². The van der Waals surface area contributed by atoms with E-state index >= 15 is 0 Å². The minimum Gasteiger partial charge on any atom is -0.340 e. The van der Waals surface area contributed by atoms with Gasteiger partial charge in [-0.15, -0.1) is 0 Å². The molecule has 3 aromatic rings. The second-order valence-electron chi connectivity index (χ2n) is 6.25. The molecule has 1 fully saturated rings. The lowest BCUT2D eigenvalue weighted by Gasteiger charge is -2.34. The summed E-state index contributed by atoms with van der Waals surface area (Å²) in [5.41, 5.74) is 1.81. The van der Waals surface area contributed by atoms with Crippen LogP contribution in [0.3, 0.4) is 0 Å². The Morgan fingerprint density at radius 1 is 1.31 bits per heavy atom. The molecule has 2 aromatic heterocycles. The third-order valence-corrected chi connectivity index (χ3v) is 5.18. The Labute approximate surface area is 154 Å². The van der Waals surface area contributed by atoms with Gasteiger partial charge in [-0.1, -0.05) is 11.8 Å². The number of thioether (sulfide) groups is 1. The highest BCUT2D eigenvalue weighted by Gasteiger charge is 2.31. The number of halogens is 1. The predicted octanol–water partition coefficient (Wildman–Crippen LogP) is 3.58. The first-order chi connectivity index (χ1) is 12.7. The molecule has 1 atom stereocenters. The van der Waals surface area contributed by atoms with Crippen LogP contribution in [0.25, 0.3) is 11.0 Å². The molecule has 6 nitrogen and oxygen atoms in total. The lowest BCUT2D eigenvalue weighted by Crippen LogP contribution is -2.39. The highest BCUT2D eigenvalue weighted by Crippen LogP contribution is 2.31. The van der Waals surface area contributed by atoms with Crippen LogP contribution in [-0.2, 0) is 0 Å². The average Bonchev–Trinajstić information content (AvgIpc) is 3.10. The number of carbonyl (C=O) groups excluding carboxylic acids is 1. The largest absolute Gasteiger partial charge is 0.340 e. The molecule has 4 rings (SSSR count). The smallest absolute Gasteiger partial charge is 0.257 e. The number of hydrogen-bond acceptors (Lipinski definition) is 5. The number of rotatable bonds is 3. The van der Waals surface area contributed by atoms with E-state index in [0.29, 0.717) is 34.1 Å². The molecule has 1 aromatic carbocycles. The standard InChI is InChI=1S/C18H18FN5OS/c1-26-18-20-9-11(10-21-18)17(25)24-7-3-2-4-15(24)16-22-13-6-5-12(19)8-14(13)23-16/h5-6,8-10,15H,2-4,7H2,1H3,(H,22,23). The Bertz CT molecular complexity index is 942. The number of nitrogens with zero attached hydrogens (tertiary/aromatic N) is 4. The number of aromatic amines is 1. The van der Waals surface area contributed by atoms with Crippen LogP contribution in [0.15, 0.2) is 35.7 Å². The maximum atomic E-state index is 13.4. The average molecular weight is 371 g/mol. The monoisotopic (exact) mass is 371 g/mol. The summed E-state index contributed by atoms with van der Waals surface area (Å²) in [6, 6.07) is 4.30. The SMILES string of the molecule is CSc1ncc(C(=O)N2CCCCC2c2nc3ccc(F)cc3[nH]2)cn1. The summed E-state index contributed by atoms with van der Waals surface area (Å²) in [5.74, 6) is 0.282. The molecule has 3 heterocycles. The molecule has 1 aliphatic heterocycles. The van der Waals surface area contributed by atoms with Gasteiger partial charge in [0.05, 0.1) is 22.6 Å². The van der Waals surface area contributed by atoms with Gasteiger partial charge < -0.3 is 9.88 Å². The Kier molecular flexibility index (Phi) is 4.58. The Morgan fingerprint density at radius 3 is 2.88 bits per heavy atom. The number of hydrogen-bond donors (Lipinski definition) is 1. The van der Waals surface area contributed by atoms with Crippen molar-refractivity contribution in [2.24, 2.45) is 0 Å². The van der Waals surface area contributed by atoms with E-state index in [0.717, 1.165) is 19.3 Å². The number of aromatic nitrogens is 4. The maximum Gasteiger partial charge on any atom is 0.257 e. The van der Waals surface area contributed by atoms with Gasteiger partial charge in [-0.2, -0.15) is 0 Å². The molecule has 26 heavy (non-hydrogen) atoms. The van der Waals surface area contributed by atoms with Crippen molar-refractivity contribution in [1.29, 1.82) is 0 Å². The summed E-state index contributed by atoms with van der Waals surface area (Å²) in [6.45, 7) is 0.652. The highest BCUT2D eigenvalue weighted by molar-refractivity contribution is 7.98. The van der Waals surface area contributed by atoms with Gasteiger partial charge in [0.15, 0.2) is 5.16 Å². The molecule has 0 bridgehead atoms. The minimum atomic E-state index is -0.310. The fraction of sp³-hybridized carbons (Fsp3) is 0.333. The molecular formula is C18H18FN5OS. The van der Waals surface area contributed by atoms with E-state index in [9.17, 15) is 9.18 Å². The molecule has 1 amide bonds. The molecule has 1 N–H and O–H groups in total. The van der Waals surface area contributed by atoms with Crippen molar-refractivity contribution < 1.29 is 9.18 Å². The molecule has 8 heteroatoms. The van der Waals surface area contributed by atoms with Crippen LogP contribution >= 0.6 is 11.8 Å². The van der Waals surface area contributed by atoms with Crippen molar-refractivity contribution in [1.82, 2.24) is 24.8 Å². The molecule has 1 aliphatic rings. The number of amides is 1. The van der Waals surface area contributed by atoms with Crippen LogP contribution < -0.4 is 0 Å². The van der Waals surface area contributed by atoms with Gasteiger partial charge in [0, 0.05) is 18.9 Å². The number of H-pyrrole nitrogens is 1. The number of fused-ring (bicyclic) bond motifs is 1. The number of imidazole rings is 1. The van der Waals surface area contributed by atoms with Crippen LogP contribution in [0.4, 0.5) is 4.39 Å². The lowest BCUT2D eigenvalue weighted by molar-refractivity contribution is 0.0600. The van der Waals surface area contributed by atoms with Crippen molar-refractivity contribution in [3.8, 4) is 0 Å². The van der Waals surface area contributed by atoms with Crippen molar-refractivity contribution in [2.75, 3.05) is 12.8 Å². The van der Waals surface area contributed by atoms with Crippen molar-refractivity contribution in [2.45, 2.75) is 30.5 Å². The van der Waals surface area contributed by atoms with E-state index in [1.165, 1.54) is 23.9 Å². The summed E-state index contributed by atoms with van der Waals surface area (Å²) >= 11 is 1.43. The fourth-order valence-electron chi connectivity index (χ4n) is 3.32. The number of carbonyl (C=O) groups is 1.